The van der Waals surface area contributed by atoms with Crippen LogP contribution < -0.4 is 0 Å². The van der Waals surface area contributed by atoms with E-state index in [1.807, 2.05) is 18.5 Å². The molecule has 2 aliphatic rings. The van der Waals surface area contributed by atoms with Gasteiger partial charge in [-0.25, -0.2) is 9.97 Å². The van der Waals surface area contributed by atoms with Gasteiger partial charge in [-0.3, -0.25) is 0 Å². The molecule has 2 unspecified atom stereocenters. The lowest BCUT2D eigenvalue weighted by Gasteiger charge is -2.40. The molecule has 3 aromatic rings. The highest BCUT2D eigenvalue weighted by Gasteiger charge is 2.40. The molecule has 1 aromatic heterocycles. The van der Waals surface area contributed by atoms with Crippen molar-refractivity contribution in [1.82, 2.24) is 9.97 Å². The quantitative estimate of drug-likeness (QED) is 0.614. The molecule has 2 aliphatic carbocycles. The first-order chi connectivity index (χ1) is 12.7. The second-order valence-corrected chi connectivity index (χ2v) is 8.19. The maximum atomic E-state index is 4.64. The smallest absolute Gasteiger partial charge is 0.138 e. The zero-order valence-corrected chi connectivity index (χ0v) is 15.5. The topological polar surface area (TPSA) is 25.8 Å². The molecule has 0 bridgehead atoms. The average molecular weight is 340 g/mol. The van der Waals surface area contributed by atoms with Crippen molar-refractivity contribution in [3.05, 3.63) is 82.9 Å². The molecule has 0 saturated carbocycles. The Bertz CT molecular complexity index is 977. The Hall–Kier alpha value is -2.48. The van der Waals surface area contributed by atoms with E-state index in [0.717, 1.165) is 25.1 Å². The van der Waals surface area contributed by atoms with Gasteiger partial charge in [0.05, 0.1) is 5.41 Å². The van der Waals surface area contributed by atoms with Gasteiger partial charge in [-0.15, -0.1) is 0 Å². The molecular weight excluding hydrogens is 316 g/mol. The van der Waals surface area contributed by atoms with Gasteiger partial charge in [0.1, 0.15) is 5.82 Å². The highest BCUT2D eigenvalue weighted by Crippen LogP contribution is 2.47. The van der Waals surface area contributed by atoms with Crippen LogP contribution in [0.3, 0.4) is 0 Å². The fourth-order valence-corrected chi connectivity index (χ4v) is 5.26. The molecular formula is C24H24N2. The zero-order chi connectivity index (χ0) is 17.7. The second kappa shape index (κ2) is 5.77. The number of hydrogen-bond donors (Lipinski definition) is 0. The van der Waals surface area contributed by atoms with Crippen molar-refractivity contribution >= 4 is 0 Å². The number of aromatic nitrogens is 2. The van der Waals surface area contributed by atoms with Gasteiger partial charge in [-0.2, -0.15) is 0 Å². The minimum atomic E-state index is -0.0970. The minimum Gasteiger partial charge on any atom is -0.240 e. The average Bonchev–Trinajstić information content (AvgIpc) is 2.68. The van der Waals surface area contributed by atoms with Crippen molar-refractivity contribution in [2.24, 2.45) is 5.92 Å². The van der Waals surface area contributed by atoms with Crippen molar-refractivity contribution in [3.63, 3.8) is 0 Å². The Balaban J connectivity index is 1.73. The molecule has 0 aliphatic heterocycles. The Kier molecular flexibility index (Phi) is 3.49. The van der Waals surface area contributed by atoms with E-state index in [1.54, 1.807) is 11.1 Å². The predicted octanol–water partition coefficient (Wildman–Crippen LogP) is 5.13. The van der Waals surface area contributed by atoms with Crippen molar-refractivity contribution in [3.8, 4) is 11.1 Å². The molecule has 0 fully saturated rings. The molecule has 2 nitrogen and oxygen atoms in total. The number of nitrogens with zero attached hydrogens (tertiary/aromatic N) is 2. The normalized spacial score (nSPS) is 23.7. The summed E-state index contributed by atoms with van der Waals surface area (Å²) in [7, 11) is 0. The summed E-state index contributed by atoms with van der Waals surface area (Å²) in [6.07, 6.45) is 8.32. The highest BCUT2D eigenvalue weighted by molar-refractivity contribution is 5.75. The fourth-order valence-electron chi connectivity index (χ4n) is 5.26. The summed E-state index contributed by atoms with van der Waals surface area (Å²) in [6, 6.07) is 15.5. The van der Waals surface area contributed by atoms with Crippen LogP contribution in [-0.2, 0) is 24.7 Å². The van der Waals surface area contributed by atoms with Gasteiger partial charge in [0.2, 0.25) is 0 Å². The minimum absolute atomic E-state index is 0.0970. The maximum absolute atomic E-state index is 4.64. The number of rotatable bonds is 1. The third-order valence-electron chi connectivity index (χ3n) is 6.35. The van der Waals surface area contributed by atoms with Crippen LogP contribution >= 0.6 is 0 Å². The standard InChI is InChI=1S/C24H24N2/c1-16-14-21-20-9-8-17-6-3-4-7-18(17)19(20)10-11-22(21)24(2,15-16)23-25-12-5-13-26-23/h3-7,10-13,16H,8-9,14-15H2,1-2H3. The van der Waals surface area contributed by atoms with Crippen molar-refractivity contribution in [2.75, 3.05) is 0 Å². The van der Waals surface area contributed by atoms with Crippen LogP contribution in [0.5, 0.6) is 0 Å². The summed E-state index contributed by atoms with van der Waals surface area (Å²) in [5, 5.41) is 0. The summed E-state index contributed by atoms with van der Waals surface area (Å²) in [5.41, 5.74) is 8.82. The lowest BCUT2D eigenvalue weighted by molar-refractivity contribution is 0.355. The van der Waals surface area contributed by atoms with Crippen LogP contribution in [0.2, 0.25) is 0 Å². The van der Waals surface area contributed by atoms with E-state index in [4.69, 9.17) is 0 Å². The number of benzene rings is 2. The summed E-state index contributed by atoms with van der Waals surface area (Å²) in [6.45, 7) is 4.71. The molecule has 0 radical (unpaired) electrons. The maximum Gasteiger partial charge on any atom is 0.138 e. The summed E-state index contributed by atoms with van der Waals surface area (Å²) in [5.74, 6) is 1.60. The summed E-state index contributed by atoms with van der Waals surface area (Å²) in [4.78, 5) is 9.29. The van der Waals surface area contributed by atoms with E-state index < -0.39 is 0 Å². The molecule has 5 rings (SSSR count). The van der Waals surface area contributed by atoms with Crippen molar-refractivity contribution in [1.29, 1.82) is 0 Å². The molecule has 0 spiro atoms. The fraction of sp³-hybridized carbons (Fsp3) is 0.333. The van der Waals surface area contributed by atoms with E-state index in [0.29, 0.717) is 5.92 Å². The van der Waals surface area contributed by atoms with Crippen molar-refractivity contribution in [2.45, 2.75) is 44.9 Å². The lowest BCUT2D eigenvalue weighted by Crippen LogP contribution is -2.35. The predicted molar refractivity (Wildman–Crippen MR) is 105 cm³/mol. The second-order valence-electron chi connectivity index (χ2n) is 8.19. The Morgan fingerprint density at radius 3 is 2.54 bits per heavy atom. The van der Waals surface area contributed by atoms with Gasteiger partial charge in [0.15, 0.2) is 0 Å². The first-order valence-electron chi connectivity index (χ1n) is 9.68. The van der Waals surface area contributed by atoms with E-state index in [-0.39, 0.29) is 5.41 Å². The van der Waals surface area contributed by atoms with Gasteiger partial charge in [0, 0.05) is 12.4 Å². The summed E-state index contributed by atoms with van der Waals surface area (Å²) >= 11 is 0. The molecule has 0 amide bonds. The first-order valence-corrected chi connectivity index (χ1v) is 9.68. The highest BCUT2D eigenvalue weighted by atomic mass is 14.9. The lowest BCUT2D eigenvalue weighted by atomic mass is 9.64. The van der Waals surface area contributed by atoms with E-state index in [1.165, 1.54) is 28.7 Å². The number of hydrogen-bond acceptors (Lipinski definition) is 2. The van der Waals surface area contributed by atoms with Gasteiger partial charge in [-0.1, -0.05) is 43.3 Å². The molecule has 0 N–H and O–H groups in total. The molecule has 2 atom stereocenters. The largest absolute Gasteiger partial charge is 0.240 e. The zero-order valence-electron chi connectivity index (χ0n) is 15.5. The monoisotopic (exact) mass is 340 g/mol. The van der Waals surface area contributed by atoms with Gasteiger partial charge in [-0.05, 0) is 78.0 Å². The molecule has 130 valence electrons. The molecule has 0 saturated heterocycles. The van der Waals surface area contributed by atoms with E-state index in [9.17, 15) is 0 Å². The number of fused-ring (bicyclic) bond motifs is 5. The van der Waals surface area contributed by atoms with Crippen LogP contribution in [-0.4, -0.2) is 9.97 Å². The van der Waals surface area contributed by atoms with Crippen LogP contribution in [0, 0.1) is 5.92 Å². The van der Waals surface area contributed by atoms with E-state index >= 15 is 0 Å². The Morgan fingerprint density at radius 1 is 0.885 bits per heavy atom. The molecule has 2 heteroatoms. The summed E-state index contributed by atoms with van der Waals surface area (Å²) < 4.78 is 0. The van der Waals surface area contributed by atoms with Crippen LogP contribution in [0.4, 0.5) is 0 Å². The third kappa shape index (κ3) is 2.25. The van der Waals surface area contributed by atoms with Gasteiger partial charge in [0.25, 0.3) is 0 Å². The SMILES string of the molecule is CC1Cc2c(ccc3c2CCc2ccccc2-3)C(C)(c2ncccn2)C1. The number of aryl methyl sites for hydroxylation is 1. The molecule has 2 aromatic carbocycles. The van der Waals surface area contributed by atoms with Crippen molar-refractivity contribution < 1.29 is 0 Å². The van der Waals surface area contributed by atoms with Gasteiger partial charge >= 0.3 is 0 Å². The molecule has 26 heavy (non-hydrogen) atoms. The Morgan fingerprint density at radius 2 is 1.69 bits per heavy atom. The van der Waals surface area contributed by atoms with E-state index in [2.05, 4.69) is 60.2 Å². The first kappa shape index (κ1) is 15.7. The molecule has 1 heterocycles. The van der Waals surface area contributed by atoms with Crippen LogP contribution in [0.25, 0.3) is 11.1 Å². The Labute approximate surface area is 155 Å². The van der Waals surface area contributed by atoms with Gasteiger partial charge < -0.3 is 0 Å². The third-order valence-corrected chi connectivity index (χ3v) is 6.35. The van der Waals surface area contributed by atoms with Crippen LogP contribution in [0.15, 0.2) is 54.9 Å². The van der Waals surface area contributed by atoms with Crippen LogP contribution in [0.1, 0.15) is 48.3 Å².